The first-order valence-corrected chi connectivity index (χ1v) is 7.65. The molecule has 0 radical (unpaired) electrons. The van der Waals surface area contributed by atoms with Crippen LogP contribution in [0.25, 0.3) is 0 Å². The quantitative estimate of drug-likeness (QED) is 0.738. The molecule has 1 nitrogen and oxygen atoms in total. The summed E-state index contributed by atoms with van der Waals surface area (Å²) >= 11 is 3.84. The molecule has 92 valence electrons. The first kappa shape index (κ1) is 11.6. The van der Waals surface area contributed by atoms with Crippen molar-refractivity contribution in [1.82, 2.24) is 0 Å². The van der Waals surface area contributed by atoms with Gasteiger partial charge in [0.15, 0.2) is 0 Å². The molecule has 0 aliphatic heterocycles. The molecule has 0 bridgehead atoms. The van der Waals surface area contributed by atoms with Gasteiger partial charge in [0.05, 0.1) is 6.10 Å². The van der Waals surface area contributed by atoms with Crippen molar-refractivity contribution in [1.29, 1.82) is 0 Å². The zero-order valence-electron chi connectivity index (χ0n) is 10.1. The first-order valence-electron chi connectivity index (χ1n) is 6.73. The average molecular weight is 295 g/mol. The highest BCUT2D eigenvalue weighted by Crippen LogP contribution is 2.38. The van der Waals surface area contributed by atoms with E-state index >= 15 is 0 Å². The zero-order valence-corrected chi connectivity index (χ0v) is 11.7. The molecule has 0 N–H and O–H groups in total. The van der Waals surface area contributed by atoms with Gasteiger partial charge in [-0.25, -0.2) is 0 Å². The monoisotopic (exact) mass is 294 g/mol. The van der Waals surface area contributed by atoms with Crippen molar-refractivity contribution in [2.45, 2.75) is 55.4 Å². The number of alkyl halides is 1. The largest absolute Gasteiger partial charge is 0.490 e. The molecule has 2 fully saturated rings. The van der Waals surface area contributed by atoms with E-state index in [1.165, 1.54) is 44.1 Å². The maximum absolute atomic E-state index is 5.88. The second-order valence-electron chi connectivity index (χ2n) is 5.30. The number of hydrogen-bond donors (Lipinski definition) is 0. The highest BCUT2D eigenvalue weighted by Gasteiger charge is 2.26. The van der Waals surface area contributed by atoms with E-state index in [0.29, 0.717) is 16.8 Å². The Bertz CT molecular complexity index is 386. The van der Waals surface area contributed by atoms with Crippen LogP contribution in [-0.4, -0.2) is 10.9 Å². The minimum Gasteiger partial charge on any atom is -0.490 e. The summed E-state index contributed by atoms with van der Waals surface area (Å²) in [5, 5.41) is 0. The highest BCUT2D eigenvalue weighted by molar-refractivity contribution is 9.09. The van der Waals surface area contributed by atoms with Gasteiger partial charge in [0.1, 0.15) is 5.75 Å². The van der Waals surface area contributed by atoms with Gasteiger partial charge in [-0.2, -0.15) is 0 Å². The van der Waals surface area contributed by atoms with Gasteiger partial charge in [0.2, 0.25) is 0 Å². The van der Waals surface area contributed by atoms with E-state index in [9.17, 15) is 0 Å². The van der Waals surface area contributed by atoms with Crippen molar-refractivity contribution in [3.63, 3.8) is 0 Å². The third kappa shape index (κ3) is 2.85. The third-order valence-electron chi connectivity index (χ3n) is 3.79. The van der Waals surface area contributed by atoms with Crippen molar-refractivity contribution < 1.29 is 4.74 Å². The van der Waals surface area contributed by atoms with E-state index in [1.807, 2.05) is 0 Å². The summed E-state index contributed by atoms with van der Waals surface area (Å²) in [5.74, 6) is 1.74. The van der Waals surface area contributed by atoms with Crippen LogP contribution in [0.5, 0.6) is 5.75 Å². The fourth-order valence-corrected chi connectivity index (χ4v) is 3.55. The van der Waals surface area contributed by atoms with E-state index in [4.69, 9.17) is 4.74 Å². The number of rotatable bonds is 3. The van der Waals surface area contributed by atoms with Crippen molar-refractivity contribution in [3.8, 4) is 5.75 Å². The Morgan fingerprint density at radius 3 is 2.65 bits per heavy atom. The summed E-state index contributed by atoms with van der Waals surface area (Å²) < 4.78 is 5.88. The van der Waals surface area contributed by atoms with E-state index < -0.39 is 0 Å². The topological polar surface area (TPSA) is 9.23 Å². The molecule has 2 unspecified atom stereocenters. The Morgan fingerprint density at radius 2 is 1.88 bits per heavy atom. The Morgan fingerprint density at radius 1 is 1.06 bits per heavy atom. The lowest BCUT2D eigenvalue weighted by molar-refractivity contribution is 0.302. The molecule has 1 aromatic carbocycles. The second kappa shape index (κ2) is 5.01. The molecular formula is C15H19BrO. The predicted molar refractivity (Wildman–Crippen MR) is 74.0 cm³/mol. The van der Waals surface area contributed by atoms with Gasteiger partial charge in [-0.1, -0.05) is 40.9 Å². The molecule has 2 atom stereocenters. The van der Waals surface area contributed by atoms with E-state index in [1.54, 1.807) is 0 Å². The molecule has 2 heteroatoms. The summed E-state index contributed by atoms with van der Waals surface area (Å²) in [6.45, 7) is 0. The van der Waals surface area contributed by atoms with Gasteiger partial charge in [-0.3, -0.25) is 0 Å². The van der Waals surface area contributed by atoms with Crippen LogP contribution in [-0.2, 0) is 0 Å². The second-order valence-corrected chi connectivity index (χ2v) is 6.47. The molecular weight excluding hydrogens is 276 g/mol. The van der Waals surface area contributed by atoms with Gasteiger partial charge in [0.25, 0.3) is 0 Å². The number of ether oxygens (including phenoxy) is 1. The van der Waals surface area contributed by atoms with Gasteiger partial charge < -0.3 is 4.74 Å². The van der Waals surface area contributed by atoms with Crippen molar-refractivity contribution >= 4 is 15.9 Å². The predicted octanol–water partition coefficient (Wildman–Crippen LogP) is 4.65. The molecule has 0 heterocycles. The average Bonchev–Trinajstić information content (AvgIpc) is 3.14. The Labute approximate surface area is 112 Å². The Balaban J connectivity index is 1.76. The molecule has 0 amide bonds. The van der Waals surface area contributed by atoms with Gasteiger partial charge in [-0.15, -0.1) is 0 Å². The fraction of sp³-hybridized carbons (Fsp3) is 0.600. The molecule has 2 aliphatic rings. The van der Waals surface area contributed by atoms with E-state index in [-0.39, 0.29) is 0 Å². The lowest BCUT2D eigenvalue weighted by Crippen LogP contribution is -2.17. The molecule has 1 aromatic rings. The minimum atomic E-state index is 0.497. The first-order chi connectivity index (χ1) is 8.33. The SMILES string of the molecule is BrC1CCCCC1c1cccc(OC2CC2)c1. The van der Waals surface area contributed by atoms with Crippen LogP contribution in [0.2, 0.25) is 0 Å². The maximum Gasteiger partial charge on any atom is 0.120 e. The van der Waals surface area contributed by atoms with Crippen molar-refractivity contribution in [2.24, 2.45) is 0 Å². The van der Waals surface area contributed by atoms with Crippen LogP contribution < -0.4 is 4.74 Å². The molecule has 0 saturated heterocycles. The summed E-state index contributed by atoms with van der Waals surface area (Å²) in [7, 11) is 0. The number of halogens is 1. The van der Waals surface area contributed by atoms with Gasteiger partial charge >= 0.3 is 0 Å². The summed E-state index contributed by atoms with van der Waals surface area (Å²) in [6, 6.07) is 8.74. The lowest BCUT2D eigenvalue weighted by atomic mass is 9.84. The van der Waals surface area contributed by atoms with Gasteiger partial charge in [-0.05, 0) is 49.3 Å². The Kier molecular flexibility index (Phi) is 3.41. The van der Waals surface area contributed by atoms with Crippen LogP contribution in [0, 0.1) is 0 Å². The maximum atomic E-state index is 5.88. The lowest BCUT2D eigenvalue weighted by Gasteiger charge is -2.28. The smallest absolute Gasteiger partial charge is 0.120 e. The zero-order chi connectivity index (χ0) is 11.7. The molecule has 2 aliphatic carbocycles. The van der Waals surface area contributed by atoms with Crippen LogP contribution in [0.1, 0.15) is 50.0 Å². The normalized spacial score (nSPS) is 29.0. The van der Waals surface area contributed by atoms with Crippen LogP contribution in [0.3, 0.4) is 0 Å². The van der Waals surface area contributed by atoms with E-state index in [2.05, 4.69) is 40.2 Å². The van der Waals surface area contributed by atoms with Crippen molar-refractivity contribution in [2.75, 3.05) is 0 Å². The molecule has 0 aromatic heterocycles. The highest BCUT2D eigenvalue weighted by atomic mass is 79.9. The molecule has 3 rings (SSSR count). The summed E-state index contributed by atoms with van der Waals surface area (Å²) in [6.07, 6.45) is 8.30. The van der Waals surface area contributed by atoms with E-state index in [0.717, 1.165) is 5.75 Å². The molecule has 0 spiro atoms. The summed E-state index contributed by atoms with van der Waals surface area (Å²) in [5.41, 5.74) is 1.45. The number of hydrogen-bond acceptors (Lipinski definition) is 1. The van der Waals surface area contributed by atoms with Crippen LogP contribution in [0.15, 0.2) is 24.3 Å². The Hall–Kier alpha value is -0.500. The fourth-order valence-electron chi connectivity index (χ4n) is 2.66. The van der Waals surface area contributed by atoms with Crippen molar-refractivity contribution in [3.05, 3.63) is 29.8 Å². The molecule has 17 heavy (non-hydrogen) atoms. The third-order valence-corrected chi connectivity index (χ3v) is 4.89. The summed E-state index contributed by atoms with van der Waals surface area (Å²) in [4.78, 5) is 0.646. The van der Waals surface area contributed by atoms with Crippen LogP contribution in [0.4, 0.5) is 0 Å². The van der Waals surface area contributed by atoms with Gasteiger partial charge in [0, 0.05) is 4.83 Å². The molecule has 2 saturated carbocycles. The van der Waals surface area contributed by atoms with Crippen LogP contribution >= 0.6 is 15.9 Å². The standard InChI is InChI=1S/C15H19BrO/c16-15-7-2-1-6-14(15)11-4-3-5-13(10-11)17-12-8-9-12/h3-5,10,12,14-15H,1-2,6-9H2. The number of benzene rings is 1. The minimum absolute atomic E-state index is 0.497.